The zero-order chi connectivity index (χ0) is 34.4. The van der Waals surface area contributed by atoms with Crippen LogP contribution in [0.5, 0.6) is 0 Å². The van der Waals surface area contributed by atoms with E-state index in [4.69, 9.17) is 0 Å². The molecule has 0 aliphatic heterocycles. The summed E-state index contributed by atoms with van der Waals surface area (Å²) in [7, 11) is 0. The van der Waals surface area contributed by atoms with Gasteiger partial charge in [-0.05, 0) is 67.8 Å². The summed E-state index contributed by atoms with van der Waals surface area (Å²) in [5.74, 6) is -49.6. The summed E-state index contributed by atoms with van der Waals surface area (Å²) in [4.78, 5) is 12.1. The highest BCUT2D eigenvalue weighted by Crippen LogP contribution is 2.62. The summed E-state index contributed by atoms with van der Waals surface area (Å²) in [5, 5.41) is 0. The number of rotatable bonds is 11. The van der Waals surface area contributed by atoms with Gasteiger partial charge in [-0.2, -0.15) is 65.9 Å². The van der Waals surface area contributed by atoms with Crippen LogP contribution in [0.15, 0.2) is 24.3 Å². The first-order valence-electron chi connectivity index (χ1n) is 14.4. The Kier molecular flexibility index (Phi) is 10.3. The molecule has 1 aromatic carbocycles. The third kappa shape index (κ3) is 6.28. The van der Waals surface area contributed by atoms with Crippen LogP contribution in [0.2, 0.25) is 0 Å². The number of carbonyl (C=O) groups is 1. The van der Waals surface area contributed by atoms with Gasteiger partial charge in [-0.3, -0.25) is 4.79 Å². The molecule has 16 heteroatoms. The van der Waals surface area contributed by atoms with E-state index in [2.05, 4.69) is 6.92 Å². The van der Waals surface area contributed by atoms with Gasteiger partial charge in [0.05, 0.1) is 0 Å². The molecule has 2 aliphatic carbocycles. The molecule has 3 rings (SSSR count). The molecule has 0 bridgehead atoms. The zero-order valence-corrected chi connectivity index (χ0v) is 23.8. The summed E-state index contributed by atoms with van der Waals surface area (Å²) in [6, 6.07) is 3.05. The SMILES string of the molecule is CCC[C@H]1CC[C@H](C2CCC(c3ccc(C(=O)C(F)(F)C(F)(F)C(F)(F)C(F)(F)C(F)(F)C(F)(F)C(F)(F)F)cc3)CC2)CC1. The lowest BCUT2D eigenvalue weighted by Gasteiger charge is -2.41. The molecule has 0 heterocycles. The number of Topliss-reactive ketones (excluding diaryl/α,β-unsaturated/α-hetero) is 1. The van der Waals surface area contributed by atoms with Crippen LogP contribution in [0.1, 0.15) is 93.0 Å². The van der Waals surface area contributed by atoms with Gasteiger partial charge in [-0.1, -0.05) is 56.9 Å². The van der Waals surface area contributed by atoms with Crippen LogP contribution in [0.25, 0.3) is 0 Å². The van der Waals surface area contributed by atoms with Gasteiger partial charge in [0.15, 0.2) is 0 Å². The van der Waals surface area contributed by atoms with Gasteiger partial charge in [0, 0.05) is 5.56 Å². The van der Waals surface area contributed by atoms with Gasteiger partial charge in [0.1, 0.15) is 0 Å². The predicted octanol–water partition coefficient (Wildman–Crippen LogP) is 11.1. The van der Waals surface area contributed by atoms with Crippen molar-refractivity contribution in [1.29, 1.82) is 0 Å². The molecule has 0 N–H and O–H groups in total. The Morgan fingerprint density at radius 3 is 1.40 bits per heavy atom. The van der Waals surface area contributed by atoms with Crippen LogP contribution < -0.4 is 0 Å². The van der Waals surface area contributed by atoms with Gasteiger partial charge in [-0.15, -0.1) is 0 Å². The summed E-state index contributed by atoms with van der Waals surface area (Å²) in [5.41, 5.74) is -0.995. The fourth-order valence-corrected chi connectivity index (χ4v) is 6.48. The van der Waals surface area contributed by atoms with Crippen LogP contribution in [-0.2, 0) is 0 Å². The van der Waals surface area contributed by atoms with Crippen LogP contribution in [-0.4, -0.2) is 47.5 Å². The van der Waals surface area contributed by atoms with Crippen molar-refractivity contribution < 1.29 is 70.7 Å². The Hall–Kier alpha value is -2.16. The van der Waals surface area contributed by atoms with Gasteiger partial charge in [-0.25, -0.2) is 0 Å². The minimum atomic E-state index is -8.43. The van der Waals surface area contributed by atoms with E-state index < -0.39 is 53.1 Å². The van der Waals surface area contributed by atoms with Crippen molar-refractivity contribution in [2.75, 3.05) is 0 Å². The third-order valence-electron chi connectivity index (χ3n) is 9.28. The summed E-state index contributed by atoms with van der Waals surface area (Å²) in [6.45, 7) is 2.14. The quantitative estimate of drug-likeness (QED) is 0.168. The Balaban J connectivity index is 1.74. The number of carbonyl (C=O) groups excluding carboxylic acids is 1. The first kappa shape index (κ1) is 37.3. The lowest BCUT2D eigenvalue weighted by Crippen LogP contribution is -2.73. The molecule has 2 aliphatic rings. The largest absolute Gasteiger partial charge is 0.460 e. The first-order valence-corrected chi connectivity index (χ1v) is 14.4. The van der Waals surface area contributed by atoms with Crippen LogP contribution >= 0.6 is 0 Å². The van der Waals surface area contributed by atoms with Gasteiger partial charge in [0.2, 0.25) is 5.78 Å². The molecule has 2 saturated carbocycles. The molecule has 0 unspecified atom stereocenters. The van der Waals surface area contributed by atoms with E-state index in [0.29, 0.717) is 42.4 Å². The average molecular weight is 681 g/mol. The van der Waals surface area contributed by atoms with Crippen molar-refractivity contribution in [2.45, 2.75) is 119 Å². The molecule has 0 spiro atoms. The van der Waals surface area contributed by atoms with E-state index in [1.54, 1.807) is 0 Å². The Morgan fingerprint density at radius 2 is 0.978 bits per heavy atom. The molecule has 0 aromatic heterocycles. The highest BCUT2D eigenvalue weighted by molar-refractivity contribution is 6.02. The maximum Gasteiger partial charge on any atom is 0.460 e. The lowest BCUT2D eigenvalue weighted by atomic mass is 9.68. The van der Waals surface area contributed by atoms with Crippen molar-refractivity contribution in [3.8, 4) is 0 Å². The highest BCUT2D eigenvalue weighted by atomic mass is 19.4. The second-order valence-electron chi connectivity index (χ2n) is 12.1. The minimum absolute atomic E-state index is 0.149. The van der Waals surface area contributed by atoms with Crippen molar-refractivity contribution in [3.05, 3.63) is 35.4 Å². The van der Waals surface area contributed by atoms with E-state index in [0.717, 1.165) is 63.0 Å². The molecule has 2 fully saturated rings. The number of hydrogen-bond acceptors (Lipinski definition) is 1. The fourth-order valence-electron chi connectivity index (χ4n) is 6.48. The number of alkyl halides is 15. The standard InChI is InChI=1S/C29H31F15O/c1-2-3-16-4-6-17(7-5-16)18-8-10-19(11-9-18)20-12-14-21(15-13-20)22(45)23(30,31)24(32,33)25(34,35)26(36,37)27(38,39)28(40,41)29(42,43)44/h12-19H,2-11H2,1H3/t16-,17-,18?,19?. The second-order valence-corrected chi connectivity index (χ2v) is 12.1. The van der Waals surface area contributed by atoms with Crippen molar-refractivity contribution in [3.63, 3.8) is 0 Å². The maximum absolute atomic E-state index is 14.4. The molecule has 0 radical (unpaired) electrons. The molecule has 0 atom stereocenters. The van der Waals surface area contributed by atoms with Crippen molar-refractivity contribution in [1.82, 2.24) is 0 Å². The average Bonchev–Trinajstić information content (AvgIpc) is 2.96. The van der Waals surface area contributed by atoms with Crippen LogP contribution in [0.4, 0.5) is 65.9 Å². The first-order chi connectivity index (χ1) is 20.4. The Morgan fingerprint density at radius 1 is 0.578 bits per heavy atom. The molecular weight excluding hydrogens is 649 g/mol. The topological polar surface area (TPSA) is 17.1 Å². The van der Waals surface area contributed by atoms with Crippen molar-refractivity contribution in [2.24, 2.45) is 17.8 Å². The smallest absolute Gasteiger partial charge is 0.287 e. The Labute approximate surface area is 248 Å². The number of ketones is 1. The molecule has 0 saturated heterocycles. The molecule has 45 heavy (non-hydrogen) atoms. The summed E-state index contributed by atoms with van der Waals surface area (Å²) >= 11 is 0. The monoisotopic (exact) mass is 680 g/mol. The number of benzene rings is 1. The van der Waals surface area contributed by atoms with Gasteiger partial charge in [0.25, 0.3) is 0 Å². The second kappa shape index (κ2) is 12.5. The summed E-state index contributed by atoms with van der Waals surface area (Å²) in [6.07, 6.45) is 2.14. The molecule has 258 valence electrons. The molecular formula is C29H31F15O. The van der Waals surface area contributed by atoms with Gasteiger partial charge < -0.3 is 0 Å². The molecule has 1 aromatic rings. The Bertz CT molecular complexity index is 1160. The predicted molar refractivity (Wildman–Crippen MR) is 132 cm³/mol. The number of halogens is 15. The third-order valence-corrected chi connectivity index (χ3v) is 9.28. The fraction of sp³-hybridized carbons (Fsp3) is 0.759. The van der Waals surface area contributed by atoms with Crippen LogP contribution in [0.3, 0.4) is 0 Å². The maximum atomic E-state index is 14.4. The summed E-state index contributed by atoms with van der Waals surface area (Å²) < 4.78 is 202. The van der Waals surface area contributed by atoms with E-state index in [1.807, 2.05) is 0 Å². The molecule has 0 amide bonds. The van der Waals surface area contributed by atoms with E-state index in [1.165, 1.54) is 6.42 Å². The zero-order valence-electron chi connectivity index (χ0n) is 23.8. The van der Waals surface area contributed by atoms with E-state index in [-0.39, 0.29) is 5.92 Å². The minimum Gasteiger partial charge on any atom is -0.287 e. The van der Waals surface area contributed by atoms with Crippen LogP contribution in [0, 0.1) is 17.8 Å². The molecule has 1 nitrogen and oxygen atoms in total. The van der Waals surface area contributed by atoms with Crippen molar-refractivity contribution >= 4 is 5.78 Å². The van der Waals surface area contributed by atoms with E-state index >= 15 is 0 Å². The van der Waals surface area contributed by atoms with Gasteiger partial charge >= 0.3 is 41.7 Å². The highest BCUT2D eigenvalue weighted by Gasteiger charge is 2.94. The number of hydrogen-bond donors (Lipinski definition) is 0. The van der Waals surface area contributed by atoms with E-state index in [9.17, 15) is 70.7 Å². The lowest BCUT2D eigenvalue weighted by molar-refractivity contribution is -0.449. The normalized spacial score (nSPS) is 24.9.